The highest BCUT2D eigenvalue weighted by molar-refractivity contribution is 9.11. The van der Waals surface area contributed by atoms with Crippen LogP contribution in [0.3, 0.4) is 0 Å². The number of carboxylic acid groups (broad SMARTS) is 1. The van der Waals surface area contributed by atoms with Crippen LogP contribution in [0.15, 0.2) is 49.8 Å². The van der Waals surface area contributed by atoms with Crippen molar-refractivity contribution in [2.24, 2.45) is 0 Å². The summed E-state index contributed by atoms with van der Waals surface area (Å²) < 4.78 is 17.5. The highest BCUT2D eigenvalue weighted by atomic mass is 79.9. The second-order valence-electron chi connectivity index (χ2n) is 4.61. The first-order valence-electron chi connectivity index (χ1n) is 6.46. The van der Waals surface area contributed by atoms with Crippen molar-refractivity contribution in [3.05, 3.63) is 51.1 Å². The molecule has 0 saturated heterocycles. The summed E-state index contributed by atoms with van der Waals surface area (Å²) in [7, 11) is 1.59. The summed E-state index contributed by atoms with van der Waals surface area (Å²) in [6, 6.07) is 10.3. The van der Waals surface area contributed by atoms with Crippen molar-refractivity contribution in [2.75, 3.05) is 7.11 Å². The van der Waals surface area contributed by atoms with E-state index < -0.39 is 5.97 Å². The third-order valence-electron chi connectivity index (χ3n) is 3.16. The van der Waals surface area contributed by atoms with Gasteiger partial charge in [0.2, 0.25) is 5.76 Å². The van der Waals surface area contributed by atoms with E-state index in [9.17, 15) is 4.79 Å². The maximum Gasteiger partial charge on any atom is 0.371 e. The van der Waals surface area contributed by atoms with Crippen molar-refractivity contribution in [3.63, 3.8) is 0 Å². The van der Waals surface area contributed by atoms with Crippen molar-refractivity contribution >= 4 is 48.8 Å². The van der Waals surface area contributed by atoms with Gasteiger partial charge in [0.15, 0.2) is 5.75 Å². The van der Waals surface area contributed by atoms with Crippen molar-refractivity contribution in [2.45, 2.75) is 0 Å². The fourth-order valence-electron chi connectivity index (χ4n) is 2.05. The zero-order valence-electron chi connectivity index (χ0n) is 11.8. The fraction of sp³-hybridized carbons (Fsp3) is 0.0625. The number of carbonyl (C=O) groups is 1. The predicted octanol–water partition coefficient (Wildman–Crippen LogP) is 5.46. The topological polar surface area (TPSA) is 68.9 Å². The monoisotopic (exact) mass is 440 g/mol. The Morgan fingerprint density at radius 2 is 1.78 bits per heavy atom. The molecule has 0 radical (unpaired) electrons. The molecule has 1 heterocycles. The van der Waals surface area contributed by atoms with E-state index in [0.29, 0.717) is 31.4 Å². The third kappa shape index (κ3) is 3.07. The fourth-order valence-corrected chi connectivity index (χ4v) is 3.41. The Morgan fingerprint density at radius 1 is 1.13 bits per heavy atom. The second kappa shape index (κ2) is 6.25. The SMILES string of the molecule is COc1ccc(Oc2c(Br)cc3oc(C(=O)O)cc3c2Br)cc1. The Hall–Kier alpha value is -1.99. The second-order valence-corrected chi connectivity index (χ2v) is 6.25. The first-order valence-corrected chi connectivity index (χ1v) is 8.05. The van der Waals surface area contributed by atoms with E-state index in [2.05, 4.69) is 31.9 Å². The summed E-state index contributed by atoms with van der Waals surface area (Å²) in [5, 5.41) is 9.66. The van der Waals surface area contributed by atoms with Gasteiger partial charge >= 0.3 is 5.97 Å². The van der Waals surface area contributed by atoms with Crippen molar-refractivity contribution in [1.82, 2.24) is 0 Å². The van der Waals surface area contributed by atoms with E-state index >= 15 is 0 Å². The molecule has 0 atom stereocenters. The minimum absolute atomic E-state index is 0.130. The molecular formula is C16H10Br2O5. The van der Waals surface area contributed by atoms with Crippen LogP contribution in [-0.4, -0.2) is 18.2 Å². The van der Waals surface area contributed by atoms with Crippen molar-refractivity contribution < 1.29 is 23.8 Å². The lowest BCUT2D eigenvalue weighted by atomic mass is 10.2. The minimum Gasteiger partial charge on any atom is -0.497 e. The Kier molecular flexibility index (Phi) is 4.32. The van der Waals surface area contributed by atoms with E-state index in [4.69, 9.17) is 19.0 Å². The number of carboxylic acids is 1. The van der Waals surface area contributed by atoms with E-state index in [-0.39, 0.29) is 5.76 Å². The van der Waals surface area contributed by atoms with Gasteiger partial charge in [-0.1, -0.05) is 0 Å². The molecule has 0 unspecified atom stereocenters. The van der Waals surface area contributed by atoms with Gasteiger partial charge < -0.3 is 19.0 Å². The zero-order valence-corrected chi connectivity index (χ0v) is 15.0. The Bertz CT molecular complexity index is 884. The summed E-state index contributed by atoms with van der Waals surface area (Å²) in [6.45, 7) is 0. The summed E-state index contributed by atoms with van der Waals surface area (Å²) >= 11 is 6.86. The van der Waals surface area contributed by atoms with Gasteiger partial charge in [0, 0.05) is 11.5 Å². The smallest absolute Gasteiger partial charge is 0.371 e. The van der Waals surface area contributed by atoms with Gasteiger partial charge in [0.05, 0.1) is 16.1 Å². The lowest BCUT2D eigenvalue weighted by molar-refractivity contribution is 0.0665. The average molecular weight is 442 g/mol. The molecule has 3 rings (SSSR count). The molecule has 7 heteroatoms. The first kappa shape index (κ1) is 15.9. The molecule has 0 amide bonds. The molecule has 3 aromatic rings. The molecule has 0 aliphatic carbocycles. The van der Waals surface area contributed by atoms with Gasteiger partial charge in [-0.05, 0) is 62.2 Å². The highest BCUT2D eigenvalue weighted by Gasteiger charge is 2.18. The van der Waals surface area contributed by atoms with Crippen LogP contribution >= 0.6 is 31.9 Å². The quantitative estimate of drug-likeness (QED) is 0.582. The molecule has 0 aliphatic rings. The number of fused-ring (bicyclic) bond motifs is 1. The predicted molar refractivity (Wildman–Crippen MR) is 91.6 cm³/mol. The number of furan rings is 1. The molecule has 5 nitrogen and oxygen atoms in total. The number of rotatable bonds is 4. The van der Waals surface area contributed by atoms with Crippen molar-refractivity contribution in [3.8, 4) is 17.2 Å². The molecule has 0 aliphatic heterocycles. The summed E-state index contributed by atoms with van der Waals surface area (Å²) in [4.78, 5) is 11.0. The summed E-state index contributed by atoms with van der Waals surface area (Å²) in [5.41, 5.74) is 0.447. The standard InChI is InChI=1S/C16H10Br2O5/c1-21-8-2-4-9(5-3-8)22-15-11(17)7-12-10(14(15)18)6-13(23-12)16(19)20/h2-7H,1H3,(H,19,20). The molecule has 2 aromatic carbocycles. The van der Waals surface area contributed by atoms with Crippen LogP contribution in [0.1, 0.15) is 10.6 Å². The number of halogens is 2. The van der Waals surface area contributed by atoms with E-state index in [1.807, 2.05) is 0 Å². The molecule has 0 bridgehead atoms. The van der Waals surface area contributed by atoms with Crippen LogP contribution in [0.4, 0.5) is 0 Å². The molecule has 0 spiro atoms. The Morgan fingerprint density at radius 3 is 2.39 bits per heavy atom. The van der Waals surface area contributed by atoms with Crippen LogP contribution in [0.5, 0.6) is 17.2 Å². The number of hydrogen-bond acceptors (Lipinski definition) is 4. The van der Waals surface area contributed by atoms with Crippen LogP contribution < -0.4 is 9.47 Å². The van der Waals surface area contributed by atoms with Gasteiger partial charge in [-0.2, -0.15) is 0 Å². The molecule has 0 saturated carbocycles. The number of aromatic carboxylic acids is 1. The van der Waals surface area contributed by atoms with Crippen LogP contribution in [0.25, 0.3) is 11.0 Å². The largest absolute Gasteiger partial charge is 0.497 e. The number of hydrogen-bond donors (Lipinski definition) is 1. The van der Waals surface area contributed by atoms with E-state index in [1.165, 1.54) is 6.07 Å². The molecular weight excluding hydrogens is 432 g/mol. The Balaban J connectivity index is 2.03. The van der Waals surface area contributed by atoms with Gasteiger partial charge in [-0.3, -0.25) is 0 Å². The number of methoxy groups -OCH3 is 1. The number of benzene rings is 2. The van der Waals surface area contributed by atoms with Crippen molar-refractivity contribution in [1.29, 1.82) is 0 Å². The maximum absolute atomic E-state index is 11.0. The van der Waals surface area contributed by atoms with Crippen LogP contribution in [-0.2, 0) is 0 Å². The number of ether oxygens (including phenoxy) is 2. The molecule has 1 N–H and O–H groups in total. The minimum atomic E-state index is -1.12. The zero-order chi connectivity index (χ0) is 16.6. The van der Waals surface area contributed by atoms with Gasteiger partial charge in [0.25, 0.3) is 0 Å². The van der Waals surface area contributed by atoms with Crippen LogP contribution in [0, 0.1) is 0 Å². The third-order valence-corrected chi connectivity index (χ3v) is 4.54. The lowest BCUT2D eigenvalue weighted by Gasteiger charge is -2.11. The normalized spacial score (nSPS) is 10.7. The first-order chi connectivity index (χ1) is 11.0. The molecule has 1 aromatic heterocycles. The highest BCUT2D eigenvalue weighted by Crippen LogP contribution is 2.43. The molecule has 23 heavy (non-hydrogen) atoms. The van der Waals surface area contributed by atoms with E-state index in [1.54, 1.807) is 37.4 Å². The van der Waals surface area contributed by atoms with Gasteiger partial charge in [-0.15, -0.1) is 0 Å². The Labute approximate surface area is 148 Å². The van der Waals surface area contributed by atoms with Gasteiger partial charge in [0.1, 0.15) is 17.1 Å². The molecule has 0 fully saturated rings. The summed E-state index contributed by atoms with van der Waals surface area (Å²) in [6.07, 6.45) is 0. The molecule has 118 valence electrons. The van der Waals surface area contributed by atoms with Crippen LogP contribution in [0.2, 0.25) is 0 Å². The van der Waals surface area contributed by atoms with Gasteiger partial charge in [-0.25, -0.2) is 4.79 Å². The average Bonchev–Trinajstić information content (AvgIpc) is 2.96. The lowest BCUT2D eigenvalue weighted by Crippen LogP contribution is -1.91. The van der Waals surface area contributed by atoms with E-state index in [0.717, 1.165) is 5.75 Å². The summed E-state index contributed by atoms with van der Waals surface area (Å²) in [5.74, 6) is 0.622. The maximum atomic E-state index is 11.0.